The van der Waals surface area contributed by atoms with E-state index < -0.39 is 0 Å². The first-order valence-electron chi connectivity index (χ1n) is 7.59. The Bertz CT molecular complexity index is 483. The summed E-state index contributed by atoms with van der Waals surface area (Å²) in [6, 6.07) is -0.233. The van der Waals surface area contributed by atoms with Crippen LogP contribution in [0.15, 0.2) is 11.6 Å². The van der Waals surface area contributed by atoms with Crippen molar-refractivity contribution in [2.45, 2.75) is 30.9 Å². The third-order valence-corrected chi connectivity index (χ3v) is 4.73. The lowest BCUT2D eigenvalue weighted by molar-refractivity contribution is -0.199. The average Bonchev–Trinajstić information content (AvgIpc) is 2.97. The van der Waals surface area contributed by atoms with E-state index in [1.54, 1.807) is 7.05 Å². The van der Waals surface area contributed by atoms with Gasteiger partial charge in [-0.3, -0.25) is 14.5 Å². The molecule has 3 rings (SSSR count). The SMILES string of the molecule is CNC(=O)[C@H]1COC2(CN(C(=O)C3=CCCC3)C2)CN1C. The average molecular weight is 293 g/mol. The zero-order chi connectivity index (χ0) is 15.0. The predicted molar refractivity (Wildman–Crippen MR) is 77.7 cm³/mol. The molecule has 0 radical (unpaired) electrons. The molecule has 1 atom stereocenters. The molecule has 6 heteroatoms. The molecule has 1 spiro atoms. The van der Waals surface area contributed by atoms with Crippen LogP contribution in [0.2, 0.25) is 0 Å². The first-order chi connectivity index (χ1) is 10.0. The minimum Gasteiger partial charge on any atom is -0.368 e. The normalized spacial score (nSPS) is 28.2. The molecule has 0 aromatic carbocycles. The van der Waals surface area contributed by atoms with Gasteiger partial charge in [0.25, 0.3) is 0 Å². The lowest BCUT2D eigenvalue weighted by Gasteiger charge is -2.54. The molecule has 6 nitrogen and oxygen atoms in total. The second-order valence-corrected chi connectivity index (χ2v) is 6.32. The van der Waals surface area contributed by atoms with Crippen molar-refractivity contribution in [1.82, 2.24) is 15.1 Å². The molecule has 2 amide bonds. The fraction of sp³-hybridized carbons (Fsp3) is 0.733. The number of allylic oxidation sites excluding steroid dienone is 1. The lowest BCUT2D eigenvalue weighted by atomic mass is 9.90. The van der Waals surface area contributed by atoms with Gasteiger partial charge in [0.1, 0.15) is 11.6 Å². The highest BCUT2D eigenvalue weighted by atomic mass is 16.5. The number of nitrogens with one attached hydrogen (secondary N) is 1. The standard InChI is InChI=1S/C15H23N3O3/c1-16-13(19)12-7-21-15(8-17(12)2)9-18(10-15)14(20)11-5-3-4-6-11/h5,12H,3-4,6-10H2,1-2H3,(H,16,19)/t12-/m1/s1. The maximum absolute atomic E-state index is 12.3. The van der Waals surface area contributed by atoms with Crippen molar-refractivity contribution >= 4 is 11.8 Å². The Morgan fingerprint density at radius 1 is 1.38 bits per heavy atom. The molecule has 0 aromatic rings. The van der Waals surface area contributed by atoms with Gasteiger partial charge in [-0.05, 0) is 26.3 Å². The molecule has 1 aliphatic carbocycles. The molecule has 0 aromatic heterocycles. The maximum Gasteiger partial charge on any atom is 0.249 e. The largest absolute Gasteiger partial charge is 0.368 e. The monoisotopic (exact) mass is 293 g/mol. The van der Waals surface area contributed by atoms with Crippen LogP contribution in [0.5, 0.6) is 0 Å². The molecule has 2 heterocycles. The van der Waals surface area contributed by atoms with Crippen LogP contribution in [0.3, 0.4) is 0 Å². The Morgan fingerprint density at radius 3 is 2.71 bits per heavy atom. The second kappa shape index (κ2) is 5.42. The van der Waals surface area contributed by atoms with Crippen molar-refractivity contribution in [2.75, 3.05) is 40.3 Å². The summed E-state index contributed by atoms with van der Waals surface area (Å²) in [5.74, 6) is 0.147. The summed E-state index contributed by atoms with van der Waals surface area (Å²) in [4.78, 5) is 27.9. The van der Waals surface area contributed by atoms with Gasteiger partial charge in [-0.15, -0.1) is 0 Å². The second-order valence-electron chi connectivity index (χ2n) is 6.32. The van der Waals surface area contributed by atoms with Gasteiger partial charge in [-0.2, -0.15) is 0 Å². The zero-order valence-electron chi connectivity index (χ0n) is 12.7. The first-order valence-corrected chi connectivity index (χ1v) is 7.59. The lowest BCUT2D eigenvalue weighted by Crippen LogP contribution is -2.73. The number of carbonyl (C=O) groups is 2. The maximum atomic E-state index is 12.3. The molecule has 2 aliphatic heterocycles. The summed E-state index contributed by atoms with van der Waals surface area (Å²) >= 11 is 0. The van der Waals surface area contributed by atoms with Crippen molar-refractivity contribution in [3.63, 3.8) is 0 Å². The summed E-state index contributed by atoms with van der Waals surface area (Å²) in [6.45, 7) is 2.34. The van der Waals surface area contributed by atoms with E-state index in [-0.39, 0.29) is 23.5 Å². The highest BCUT2D eigenvalue weighted by Crippen LogP contribution is 2.32. The van der Waals surface area contributed by atoms with Gasteiger partial charge < -0.3 is 15.0 Å². The fourth-order valence-electron chi connectivity index (χ4n) is 3.49. The Morgan fingerprint density at radius 2 is 2.14 bits per heavy atom. The molecule has 2 fully saturated rings. The first kappa shape index (κ1) is 14.5. The molecule has 116 valence electrons. The van der Waals surface area contributed by atoms with Crippen molar-refractivity contribution in [2.24, 2.45) is 0 Å². The van der Waals surface area contributed by atoms with Gasteiger partial charge in [0.15, 0.2) is 0 Å². The van der Waals surface area contributed by atoms with Gasteiger partial charge in [0.05, 0.1) is 19.7 Å². The van der Waals surface area contributed by atoms with Gasteiger partial charge >= 0.3 is 0 Å². The third-order valence-electron chi connectivity index (χ3n) is 4.73. The Balaban J connectivity index is 1.56. The quantitative estimate of drug-likeness (QED) is 0.763. The van der Waals surface area contributed by atoms with Crippen LogP contribution in [0.4, 0.5) is 0 Å². The highest BCUT2D eigenvalue weighted by Gasteiger charge is 2.51. The number of likely N-dealkylation sites (tertiary alicyclic amines) is 1. The van der Waals surface area contributed by atoms with E-state index in [9.17, 15) is 9.59 Å². The van der Waals surface area contributed by atoms with E-state index in [4.69, 9.17) is 4.74 Å². The Hall–Kier alpha value is -1.40. The summed E-state index contributed by atoms with van der Waals surface area (Å²) in [7, 11) is 3.58. The minimum atomic E-state index is -0.284. The van der Waals surface area contributed by atoms with E-state index >= 15 is 0 Å². The van der Waals surface area contributed by atoms with Crippen LogP contribution >= 0.6 is 0 Å². The van der Waals surface area contributed by atoms with Crippen LogP contribution < -0.4 is 5.32 Å². The van der Waals surface area contributed by atoms with Crippen molar-refractivity contribution in [3.05, 3.63) is 11.6 Å². The molecular weight excluding hydrogens is 270 g/mol. The van der Waals surface area contributed by atoms with Gasteiger partial charge in [-0.25, -0.2) is 0 Å². The number of likely N-dealkylation sites (N-methyl/N-ethyl adjacent to an activating group) is 2. The summed E-state index contributed by atoms with van der Waals surface area (Å²) < 4.78 is 5.93. The molecule has 21 heavy (non-hydrogen) atoms. The van der Waals surface area contributed by atoms with Crippen LogP contribution in [-0.2, 0) is 14.3 Å². The molecular formula is C15H23N3O3. The van der Waals surface area contributed by atoms with E-state index in [0.29, 0.717) is 26.2 Å². The smallest absolute Gasteiger partial charge is 0.249 e. The topological polar surface area (TPSA) is 61.9 Å². The predicted octanol–water partition coefficient (Wildman–Crippen LogP) is -0.246. The highest BCUT2D eigenvalue weighted by molar-refractivity contribution is 5.94. The number of nitrogens with zero attached hydrogens (tertiary/aromatic N) is 2. The number of morpholine rings is 1. The number of ether oxygens (including phenoxy) is 1. The van der Waals surface area contributed by atoms with Crippen molar-refractivity contribution in [1.29, 1.82) is 0 Å². The van der Waals surface area contributed by atoms with Crippen LogP contribution in [0.1, 0.15) is 19.3 Å². The molecule has 0 bridgehead atoms. The number of hydrogen-bond acceptors (Lipinski definition) is 4. The van der Waals surface area contributed by atoms with Crippen molar-refractivity contribution < 1.29 is 14.3 Å². The van der Waals surface area contributed by atoms with Gasteiger partial charge in [0.2, 0.25) is 11.8 Å². The molecule has 2 saturated heterocycles. The number of rotatable bonds is 2. The number of hydrogen-bond donors (Lipinski definition) is 1. The van der Waals surface area contributed by atoms with E-state index in [1.807, 2.05) is 16.8 Å². The van der Waals surface area contributed by atoms with Gasteiger partial charge in [-0.1, -0.05) is 6.08 Å². The number of amides is 2. The summed E-state index contributed by atoms with van der Waals surface area (Å²) in [5.41, 5.74) is 0.672. The van der Waals surface area contributed by atoms with Crippen LogP contribution in [-0.4, -0.2) is 73.6 Å². The number of carbonyl (C=O) groups excluding carboxylic acids is 2. The molecule has 3 aliphatic rings. The van der Waals surface area contributed by atoms with E-state index in [2.05, 4.69) is 11.4 Å². The minimum absolute atomic E-state index is 0.0179. The third kappa shape index (κ3) is 2.58. The fourth-order valence-corrected chi connectivity index (χ4v) is 3.49. The van der Waals surface area contributed by atoms with E-state index in [0.717, 1.165) is 24.8 Å². The summed E-state index contributed by atoms with van der Waals surface area (Å²) in [6.07, 6.45) is 5.07. The van der Waals surface area contributed by atoms with Crippen molar-refractivity contribution in [3.8, 4) is 0 Å². The Labute approximate surface area is 125 Å². The van der Waals surface area contributed by atoms with Gasteiger partial charge in [0, 0.05) is 19.2 Å². The Kier molecular flexibility index (Phi) is 3.75. The molecule has 1 N–H and O–H groups in total. The van der Waals surface area contributed by atoms with Crippen LogP contribution in [0, 0.1) is 0 Å². The van der Waals surface area contributed by atoms with Crippen LogP contribution in [0.25, 0.3) is 0 Å². The molecule has 0 unspecified atom stereocenters. The van der Waals surface area contributed by atoms with E-state index in [1.165, 1.54) is 0 Å². The zero-order valence-corrected chi connectivity index (χ0v) is 12.7. The summed E-state index contributed by atoms with van der Waals surface area (Å²) in [5, 5.41) is 2.66. The molecule has 0 saturated carbocycles.